The molecule has 0 aliphatic heterocycles. The zero-order valence-electron chi connectivity index (χ0n) is 16.2. The number of hydrogen-bond acceptors (Lipinski definition) is 5. The summed E-state index contributed by atoms with van der Waals surface area (Å²) in [5, 5.41) is 11.0. The number of anilines is 1. The minimum atomic E-state index is -1.000. The minimum Gasteiger partial charge on any atom is -0.415 e. The van der Waals surface area contributed by atoms with E-state index in [4.69, 9.17) is 4.42 Å². The van der Waals surface area contributed by atoms with E-state index in [2.05, 4.69) is 15.5 Å². The van der Waals surface area contributed by atoms with Crippen LogP contribution in [0.25, 0.3) is 0 Å². The molecule has 1 amide bonds. The maximum absolute atomic E-state index is 13.3. The number of nitrogens with zero attached hydrogens (tertiary/aromatic N) is 2. The molecule has 1 atom stereocenters. The third-order valence-electron chi connectivity index (χ3n) is 6.73. The average molecular weight is 419 g/mol. The van der Waals surface area contributed by atoms with Gasteiger partial charge in [-0.25, -0.2) is 8.78 Å². The first-order chi connectivity index (χ1) is 13.9. The predicted molar refractivity (Wildman–Crippen MR) is 104 cm³/mol. The fraction of sp³-hybridized carbons (Fsp3) is 0.571. The van der Waals surface area contributed by atoms with Gasteiger partial charge in [-0.3, -0.25) is 4.79 Å². The van der Waals surface area contributed by atoms with E-state index < -0.39 is 16.9 Å². The summed E-state index contributed by atoms with van der Waals surface area (Å²) in [6.45, 7) is 1.72. The summed E-state index contributed by atoms with van der Waals surface area (Å²) >= 11 is 1.18. The summed E-state index contributed by atoms with van der Waals surface area (Å²) in [4.78, 5) is 12.4. The van der Waals surface area contributed by atoms with Gasteiger partial charge in [0.05, 0.1) is 5.25 Å². The number of amides is 1. The molecule has 4 bridgehead atoms. The van der Waals surface area contributed by atoms with Gasteiger partial charge in [0, 0.05) is 17.2 Å². The summed E-state index contributed by atoms with van der Waals surface area (Å²) in [6, 6.07) is 3.27. The van der Waals surface area contributed by atoms with E-state index >= 15 is 0 Å². The van der Waals surface area contributed by atoms with Gasteiger partial charge >= 0.3 is 0 Å². The van der Waals surface area contributed by atoms with Gasteiger partial charge < -0.3 is 9.73 Å². The van der Waals surface area contributed by atoms with Gasteiger partial charge in [-0.05, 0) is 75.3 Å². The Morgan fingerprint density at radius 3 is 2.41 bits per heavy atom. The van der Waals surface area contributed by atoms with Crippen molar-refractivity contribution in [1.82, 2.24) is 10.2 Å². The van der Waals surface area contributed by atoms with Crippen LogP contribution in [0.1, 0.15) is 51.3 Å². The molecule has 0 unspecified atom stereocenters. The standard InChI is InChI=1S/C21H23F2N3O2S/c1-11(18(27)24-15-2-3-16(22)17(23)7-15)29-20-26-25-19(28-20)21-8-12-4-13(9-21)6-14(5-12)10-21/h2-3,7,11-14H,4-6,8-10H2,1H3,(H,24,27)/t11-,12?,13?,14?,21?/m0/s1. The number of thioether (sulfide) groups is 1. The molecule has 0 radical (unpaired) electrons. The average Bonchev–Trinajstić information content (AvgIpc) is 3.13. The second-order valence-electron chi connectivity index (χ2n) is 8.95. The van der Waals surface area contributed by atoms with Crippen molar-refractivity contribution < 1.29 is 18.0 Å². The molecule has 4 fully saturated rings. The number of aromatic nitrogens is 2. The molecule has 2 aromatic rings. The van der Waals surface area contributed by atoms with Gasteiger partial charge in [0.1, 0.15) is 0 Å². The Hall–Kier alpha value is -1.96. The lowest BCUT2D eigenvalue weighted by atomic mass is 9.49. The molecule has 1 aromatic heterocycles. The zero-order chi connectivity index (χ0) is 20.2. The Bertz CT molecular complexity index is 912. The smallest absolute Gasteiger partial charge is 0.277 e. The highest BCUT2D eigenvalue weighted by molar-refractivity contribution is 8.00. The van der Waals surface area contributed by atoms with Crippen LogP contribution in [0.15, 0.2) is 27.8 Å². The van der Waals surface area contributed by atoms with Gasteiger partial charge in [-0.15, -0.1) is 10.2 Å². The lowest BCUT2D eigenvalue weighted by Crippen LogP contribution is -2.48. The van der Waals surface area contributed by atoms with E-state index in [1.165, 1.54) is 37.1 Å². The molecule has 6 rings (SSSR count). The number of carbonyl (C=O) groups is 1. The highest BCUT2D eigenvalue weighted by Crippen LogP contribution is 2.60. The number of benzene rings is 1. The maximum Gasteiger partial charge on any atom is 0.277 e. The van der Waals surface area contributed by atoms with Crippen LogP contribution in [-0.4, -0.2) is 21.4 Å². The molecule has 154 valence electrons. The summed E-state index contributed by atoms with van der Waals surface area (Å²) in [6.07, 6.45) is 7.44. The fourth-order valence-corrected chi connectivity index (χ4v) is 6.55. The molecule has 4 aliphatic rings. The normalized spacial score (nSPS) is 31.1. The Balaban J connectivity index is 1.25. The van der Waals surface area contributed by atoms with Crippen molar-refractivity contribution in [3.05, 3.63) is 35.7 Å². The number of nitrogens with one attached hydrogen (secondary N) is 1. The van der Waals surface area contributed by atoms with Gasteiger partial charge in [0.15, 0.2) is 11.6 Å². The van der Waals surface area contributed by atoms with Crippen LogP contribution in [-0.2, 0) is 10.2 Å². The Labute approximate surface area is 172 Å². The van der Waals surface area contributed by atoms with Crippen molar-refractivity contribution >= 4 is 23.4 Å². The molecular formula is C21H23F2N3O2S. The van der Waals surface area contributed by atoms with Gasteiger partial charge in [-0.1, -0.05) is 11.8 Å². The quantitative estimate of drug-likeness (QED) is 0.696. The second-order valence-corrected chi connectivity index (χ2v) is 10.2. The van der Waals surface area contributed by atoms with Gasteiger partial charge in [0.25, 0.3) is 5.22 Å². The molecule has 4 aliphatic carbocycles. The van der Waals surface area contributed by atoms with Crippen molar-refractivity contribution in [3.8, 4) is 0 Å². The molecule has 0 saturated heterocycles. The molecular weight excluding hydrogens is 396 g/mol. The number of rotatable bonds is 5. The van der Waals surface area contributed by atoms with Crippen molar-refractivity contribution in [3.63, 3.8) is 0 Å². The van der Waals surface area contributed by atoms with Crippen LogP contribution in [0, 0.1) is 29.4 Å². The number of halogens is 2. The van der Waals surface area contributed by atoms with Gasteiger partial charge in [0.2, 0.25) is 11.8 Å². The number of carbonyl (C=O) groups excluding carboxylic acids is 1. The molecule has 8 heteroatoms. The minimum absolute atomic E-state index is 0.0255. The van der Waals surface area contributed by atoms with E-state index in [9.17, 15) is 13.6 Å². The predicted octanol–water partition coefficient (Wildman–Crippen LogP) is 4.93. The zero-order valence-corrected chi connectivity index (χ0v) is 17.0. The highest BCUT2D eigenvalue weighted by Gasteiger charge is 2.54. The Morgan fingerprint density at radius 2 is 1.79 bits per heavy atom. The van der Waals surface area contributed by atoms with Crippen molar-refractivity contribution in [2.75, 3.05) is 5.32 Å². The van der Waals surface area contributed by atoms with Crippen molar-refractivity contribution in [2.24, 2.45) is 17.8 Å². The van der Waals surface area contributed by atoms with E-state index in [0.717, 1.165) is 55.0 Å². The molecule has 4 saturated carbocycles. The molecule has 1 aromatic carbocycles. The maximum atomic E-state index is 13.3. The molecule has 1 heterocycles. The second kappa shape index (κ2) is 7.07. The van der Waals surface area contributed by atoms with Crippen molar-refractivity contribution in [2.45, 2.75) is 61.3 Å². The topological polar surface area (TPSA) is 68.0 Å². The lowest BCUT2D eigenvalue weighted by molar-refractivity contribution is -0.115. The summed E-state index contributed by atoms with van der Waals surface area (Å²) in [5.74, 6) is 0.789. The first kappa shape index (κ1) is 19.0. The first-order valence-electron chi connectivity index (χ1n) is 10.2. The Morgan fingerprint density at radius 1 is 1.14 bits per heavy atom. The van der Waals surface area contributed by atoms with Gasteiger partial charge in [-0.2, -0.15) is 0 Å². The third-order valence-corrected chi connectivity index (χ3v) is 7.67. The summed E-state index contributed by atoms with van der Waals surface area (Å²) < 4.78 is 32.4. The van der Waals surface area contributed by atoms with Crippen molar-refractivity contribution in [1.29, 1.82) is 0 Å². The molecule has 0 spiro atoms. The van der Waals surface area contributed by atoms with Crippen LogP contribution >= 0.6 is 11.8 Å². The Kier molecular flexibility index (Phi) is 4.64. The van der Waals surface area contributed by atoms with Crippen LogP contribution < -0.4 is 5.32 Å². The summed E-state index contributed by atoms with van der Waals surface area (Å²) in [7, 11) is 0. The van der Waals surface area contributed by atoms with E-state index in [0.29, 0.717) is 5.22 Å². The highest BCUT2D eigenvalue weighted by atomic mass is 32.2. The molecule has 5 nitrogen and oxygen atoms in total. The fourth-order valence-electron chi connectivity index (χ4n) is 5.87. The monoisotopic (exact) mass is 419 g/mol. The van der Waals surface area contributed by atoms with E-state index in [-0.39, 0.29) is 17.0 Å². The van der Waals surface area contributed by atoms with E-state index in [1.54, 1.807) is 6.92 Å². The molecule has 1 N–H and O–H groups in total. The number of hydrogen-bond donors (Lipinski definition) is 1. The molecule has 29 heavy (non-hydrogen) atoms. The van der Waals surface area contributed by atoms with Crippen LogP contribution in [0.3, 0.4) is 0 Å². The van der Waals surface area contributed by atoms with Crippen LogP contribution in [0.2, 0.25) is 0 Å². The first-order valence-corrected chi connectivity index (χ1v) is 11.0. The largest absolute Gasteiger partial charge is 0.415 e. The van der Waals surface area contributed by atoms with E-state index in [1.807, 2.05) is 0 Å². The SMILES string of the molecule is C[C@H](Sc1nnc(C23CC4CC(CC(C4)C2)C3)o1)C(=O)Nc1ccc(F)c(F)c1. The summed E-state index contributed by atoms with van der Waals surface area (Å²) in [5.41, 5.74) is 0.235. The van der Waals surface area contributed by atoms with Crippen LogP contribution in [0.4, 0.5) is 14.5 Å². The third kappa shape index (κ3) is 3.56. The van der Waals surface area contributed by atoms with Crippen LogP contribution in [0.5, 0.6) is 0 Å². The lowest BCUT2D eigenvalue weighted by Gasteiger charge is -2.55.